The molecule has 1 aliphatic rings. The largest absolute Gasteiger partial charge is 0.456 e. The molecule has 11 rings (SSSR count). The van der Waals surface area contributed by atoms with Gasteiger partial charge < -0.3 is 13.9 Å². The predicted molar refractivity (Wildman–Crippen MR) is 245 cm³/mol. The summed E-state index contributed by atoms with van der Waals surface area (Å²) in [5, 5.41) is 4.67. The first-order valence-electron chi connectivity index (χ1n) is 19.8. The summed E-state index contributed by atoms with van der Waals surface area (Å²) >= 11 is 0. The lowest BCUT2D eigenvalue weighted by Gasteiger charge is -2.27. The minimum absolute atomic E-state index is 0.703. The molecule has 0 N–H and O–H groups in total. The molecule has 1 aliphatic heterocycles. The molecule has 0 radical (unpaired) electrons. The van der Waals surface area contributed by atoms with Crippen molar-refractivity contribution in [3.05, 3.63) is 218 Å². The molecule has 3 heterocycles. The van der Waals surface area contributed by atoms with Crippen molar-refractivity contribution >= 4 is 60.7 Å². The summed E-state index contributed by atoms with van der Waals surface area (Å²) in [6.07, 6.45) is 8.50. The van der Waals surface area contributed by atoms with Gasteiger partial charge in [0, 0.05) is 50.7 Å². The Morgan fingerprint density at radius 1 is 0.431 bits per heavy atom. The van der Waals surface area contributed by atoms with Gasteiger partial charge in [-0.15, -0.1) is 0 Å². The van der Waals surface area contributed by atoms with Gasteiger partial charge in [-0.3, -0.25) is 0 Å². The van der Waals surface area contributed by atoms with Crippen LogP contribution in [0.1, 0.15) is 5.56 Å². The summed E-state index contributed by atoms with van der Waals surface area (Å²) in [4.78, 5) is 2.39. The van der Waals surface area contributed by atoms with Crippen LogP contribution in [0.25, 0.3) is 88.4 Å². The van der Waals surface area contributed by atoms with E-state index in [1.165, 1.54) is 44.1 Å². The molecule has 0 unspecified atom stereocenters. The van der Waals surface area contributed by atoms with Gasteiger partial charge in [-0.1, -0.05) is 146 Å². The highest BCUT2D eigenvalue weighted by atomic mass is 16.3. The maximum absolute atomic E-state index is 6.21. The van der Waals surface area contributed by atoms with Crippen LogP contribution in [-0.2, 0) is 0 Å². The molecule has 0 atom stereocenters. The monoisotopic (exact) mass is 742 g/mol. The van der Waals surface area contributed by atoms with Crippen molar-refractivity contribution in [1.29, 1.82) is 0 Å². The number of allylic oxidation sites excluding steroid dienone is 4. The molecule has 274 valence electrons. The fraction of sp³-hybridized carbons (Fsp3) is 0.0182. The SMILES string of the molecule is C=C1/C=C\C=C/CN(c2ccc3oc4ccccc4c3c2)c2cc(-c3ccc4c(c3)c3ccccc3n4-c3cc(-c4ccccc4)cc(-c4ccccc4)c3)ccc21. The first kappa shape index (κ1) is 33.7. The molecule has 58 heavy (non-hydrogen) atoms. The van der Waals surface area contributed by atoms with E-state index in [0.29, 0.717) is 6.54 Å². The topological polar surface area (TPSA) is 21.3 Å². The number of nitrogens with zero attached hydrogens (tertiary/aromatic N) is 2. The number of para-hydroxylation sites is 2. The van der Waals surface area contributed by atoms with E-state index in [2.05, 4.69) is 210 Å². The van der Waals surface area contributed by atoms with Gasteiger partial charge >= 0.3 is 0 Å². The van der Waals surface area contributed by atoms with Crippen LogP contribution in [0.2, 0.25) is 0 Å². The molecule has 0 aliphatic carbocycles. The zero-order chi connectivity index (χ0) is 38.6. The number of fused-ring (bicyclic) bond motifs is 7. The maximum atomic E-state index is 6.21. The predicted octanol–water partition coefficient (Wildman–Crippen LogP) is 15.0. The Hall–Kier alpha value is -7.62. The molecule has 0 amide bonds. The van der Waals surface area contributed by atoms with Crippen molar-refractivity contribution in [3.63, 3.8) is 0 Å². The molecule has 3 nitrogen and oxygen atoms in total. The Morgan fingerprint density at radius 2 is 1.09 bits per heavy atom. The van der Waals surface area contributed by atoms with Gasteiger partial charge in [0.25, 0.3) is 0 Å². The number of benzene rings is 8. The second-order valence-corrected chi connectivity index (χ2v) is 15.0. The average molecular weight is 743 g/mol. The molecular weight excluding hydrogens is 705 g/mol. The summed E-state index contributed by atoms with van der Waals surface area (Å²) in [6, 6.07) is 65.6. The molecule has 0 spiro atoms. The van der Waals surface area contributed by atoms with Crippen molar-refractivity contribution in [2.75, 3.05) is 11.4 Å². The lowest BCUT2D eigenvalue weighted by molar-refractivity contribution is 0.669. The third-order valence-electron chi connectivity index (χ3n) is 11.5. The molecule has 0 fully saturated rings. The first-order chi connectivity index (χ1) is 28.7. The van der Waals surface area contributed by atoms with Crippen molar-refractivity contribution in [1.82, 2.24) is 4.57 Å². The van der Waals surface area contributed by atoms with E-state index in [-0.39, 0.29) is 0 Å². The number of furan rings is 1. The second-order valence-electron chi connectivity index (χ2n) is 15.0. The minimum atomic E-state index is 0.703. The Morgan fingerprint density at radius 3 is 1.88 bits per heavy atom. The van der Waals surface area contributed by atoms with Crippen molar-refractivity contribution < 1.29 is 4.42 Å². The van der Waals surface area contributed by atoms with Crippen LogP contribution in [0, 0.1) is 0 Å². The van der Waals surface area contributed by atoms with Gasteiger partial charge in [0.15, 0.2) is 0 Å². The third-order valence-corrected chi connectivity index (χ3v) is 11.5. The van der Waals surface area contributed by atoms with Crippen LogP contribution in [0.4, 0.5) is 11.4 Å². The standard InChI is InChI=1S/C55H38N2O/c1-37-15-5-4-14-30-56(44-26-29-55-50(36-44)48-21-11-13-23-54(48)58-55)53-35-41(24-27-46(37)53)40-25-28-52-49(34-40)47-20-10-12-22-51(47)57(52)45-32-42(38-16-6-2-7-17-38)31-43(33-45)39-18-8-3-9-19-39/h2-29,31-36H,1,30H2/b14-4-,15-5-. The Bertz CT molecular complexity index is 3210. The maximum Gasteiger partial charge on any atom is 0.135 e. The minimum Gasteiger partial charge on any atom is -0.456 e. The van der Waals surface area contributed by atoms with E-state index in [1.807, 2.05) is 12.1 Å². The number of hydrogen-bond donors (Lipinski definition) is 0. The molecular formula is C55H38N2O. The fourth-order valence-electron chi connectivity index (χ4n) is 8.70. The van der Waals surface area contributed by atoms with E-state index in [1.54, 1.807) is 0 Å². The van der Waals surface area contributed by atoms with Crippen LogP contribution < -0.4 is 4.90 Å². The quantitative estimate of drug-likeness (QED) is 0.175. The van der Waals surface area contributed by atoms with Crippen LogP contribution in [0.3, 0.4) is 0 Å². The van der Waals surface area contributed by atoms with Gasteiger partial charge in [0.1, 0.15) is 11.2 Å². The fourth-order valence-corrected chi connectivity index (χ4v) is 8.70. The number of rotatable bonds is 5. The van der Waals surface area contributed by atoms with E-state index in [9.17, 15) is 0 Å². The first-order valence-corrected chi connectivity index (χ1v) is 19.8. The van der Waals surface area contributed by atoms with Crippen molar-refractivity contribution in [2.24, 2.45) is 0 Å². The van der Waals surface area contributed by atoms with Crippen LogP contribution in [-0.4, -0.2) is 11.1 Å². The van der Waals surface area contributed by atoms with Crippen molar-refractivity contribution in [3.8, 4) is 39.1 Å². The highest BCUT2D eigenvalue weighted by Crippen LogP contribution is 2.42. The van der Waals surface area contributed by atoms with Crippen LogP contribution in [0.5, 0.6) is 0 Å². The zero-order valence-electron chi connectivity index (χ0n) is 31.8. The lowest BCUT2D eigenvalue weighted by Crippen LogP contribution is -2.18. The zero-order valence-corrected chi connectivity index (χ0v) is 31.8. The van der Waals surface area contributed by atoms with Gasteiger partial charge in [0.2, 0.25) is 0 Å². The van der Waals surface area contributed by atoms with Crippen LogP contribution >= 0.6 is 0 Å². The highest BCUT2D eigenvalue weighted by molar-refractivity contribution is 6.11. The summed E-state index contributed by atoms with van der Waals surface area (Å²) in [5.74, 6) is 0. The average Bonchev–Trinajstić information content (AvgIpc) is 3.84. The molecule has 10 aromatic rings. The van der Waals surface area contributed by atoms with Gasteiger partial charge in [0.05, 0.1) is 11.0 Å². The third kappa shape index (κ3) is 5.75. The molecule has 3 heteroatoms. The second kappa shape index (κ2) is 13.8. The summed E-state index contributed by atoms with van der Waals surface area (Å²) in [6.45, 7) is 5.21. The van der Waals surface area contributed by atoms with E-state index < -0.39 is 0 Å². The molecule has 2 aromatic heterocycles. The smallest absolute Gasteiger partial charge is 0.135 e. The van der Waals surface area contributed by atoms with Gasteiger partial charge in [-0.25, -0.2) is 0 Å². The molecule has 0 saturated carbocycles. The van der Waals surface area contributed by atoms with Crippen molar-refractivity contribution in [2.45, 2.75) is 0 Å². The summed E-state index contributed by atoms with van der Waals surface area (Å²) in [7, 11) is 0. The highest BCUT2D eigenvalue weighted by Gasteiger charge is 2.20. The Balaban J connectivity index is 1.07. The molecule has 8 aromatic carbocycles. The van der Waals surface area contributed by atoms with Gasteiger partial charge in [-0.2, -0.15) is 0 Å². The number of aromatic nitrogens is 1. The lowest BCUT2D eigenvalue weighted by atomic mass is 9.96. The summed E-state index contributed by atoms with van der Waals surface area (Å²) < 4.78 is 8.64. The van der Waals surface area contributed by atoms with Crippen LogP contribution in [0.15, 0.2) is 217 Å². The van der Waals surface area contributed by atoms with E-state index in [0.717, 1.165) is 61.3 Å². The van der Waals surface area contributed by atoms with E-state index >= 15 is 0 Å². The number of anilines is 2. The molecule has 0 saturated heterocycles. The molecule has 0 bridgehead atoms. The Labute approximate surface area is 337 Å². The van der Waals surface area contributed by atoms with Gasteiger partial charge in [-0.05, 0) is 106 Å². The van der Waals surface area contributed by atoms with E-state index in [4.69, 9.17) is 4.42 Å². The normalized spacial score (nSPS) is 14.1. The summed E-state index contributed by atoms with van der Waals surface area (Å²) in [5.41, 5.74) is 16.6. The number of hydrogen-bond acceptors (Lipinski definition) is 2. The Kier molecular flexibility index (Phi) is 8.04.